The lowest BCUT2D eigenvalue weighted by Crippen LogP contribution is -2.19. The quantitative estimate of drug-likeness (QED) is 0.793. The van der Waals surface area contributed by atoms with Crippen LogP contribution in [0.2, 0.25) is 5.02 Å². The Morgan fingerprint density at radius 2 is 2.06 bits per heavy atom. The molecule has 4 heteroatoms. The predicted octanol–water partition coefficient (Wildman–Crippen LogP) is 3.23. The summed E-state index contributed by atoms with van der Waals surface area (Å²) in [6.45, 7) is 2.08. The van der Waals surface area contributed by atoms with Gasteiger partial charge in [0.05, 0.1) is 12.1 Å². The van der Waals surface area contributed by atoms with Crippen molar-refractivity contribution in [3.8, 4) is 0 Å². The van der Waals surface area contributed by atoms with Crippen LogP contribution in [0.3, 0.4) is 0 Å². The van der Waals surface area contributed by atoms with Crippen molar-refractivity contribution in [2.45, 2.75) is 26.2 Å². The predicted molar refractivity (Wildman–Crippen MR) is 65.9 cm³/mol. The van der Waals surface area contributed by atoms with Crippen LogP contribution in [0.4, 0.5) is 5.69 Å². The summed E-state index contributed by atoms with van der Waals surface area (Å²) in [7, 11) is 0. The molecule has 0 bridgehead atoms. The van der Waals surface area contributed by atoms with Crippen molar-refractivity contribution >= 4 is 28.9 Å². The second kappa shape index (κ2) is 4.66. The molecule has 1 aliphatic rings. The molecule has 1 aromatic carbocycles. The molecule has 1 aliphatic heterocycles. The first kappa shape index (κ1) is 11.1. The summed E-state index contributed by atoms with van der Waals surface area (Å²) in [6, 6.07) is 7.13. The van der Waals surface area contributed by atoms with Crippen LogP contribution in [0, 0.1) is 0 Å². The van der Waals surface area contributed by atoms with E-state index in [1.165, 1.54) is 5.01 Å². The topological polar surface area (TPSA) is 32.7 Å². The van der Waals surface area contributed by atoms with Crippen molar-refractivity contribution in [1.29, 1.82) is 0 Å². The number of hydrogen-bond acceptors (Lipinski definition) is 2. The molecule has 0 aliphatic carbocycles. The molecule has 0 spiro atoms. The minimum Gasteiger partial charge on any atom is -0.272 e. The van der Waals surface area contributed by atoms with Crippen molar-refractivity contribution in [2.75, 3.05) is 5.01 Å². The van der Waals surface area contributed by atoms with Gasteiger partial charge in [0.25, 0.3) is 5.91 Å². The van der Waals surface area contributed by atoms with E-state index in [2.05, 4.69) is 12.0 Å². The number of hydrogen-bond donors (Lipinski definition) is 0. The van der Waals surface area contributed by atoms with Crippen molar-refractivity contribution < 1.29 is 4.79 Å². The van der Waals surface area contributed by atoms with E-state index in [0.717, 1.165) is 24.2 Å². The van der Waals surface area contributed by atoms with Gasteiger partial charge in [0.15, 0.2) is 0 Å². The third-order valence-electron chi connectivity index (χ3n) is 2.44. The maximum Gasteiger partial charge on any atom is 0.253 e. The van der Waals surface area contributed by atoms with Gasteiger partial charge in [-0.15, -0.1) is 0 Å². The van der Waals surface area contributed by atoms with Gasteiger partial charge in [-0.25, -0.2) is 5.01 Å². The lowest BCUT2D eigenvalue weighted by molar-refractivity contribution is -0.116. The van der Waals surface area contributed by atoms with Crippen LogP contribution in [0.1, 0.15) is 26.2 Å². The van der Waals surface area contributed by atoms with Crippen LogP contribution >= 0.6 is 11.6 Å². The Morgan fingerprint density at radius 1 is 1.38 bits per heavy atom. The first-order valence-electron chi connectivity index (χ1n) is 5.35. The Kier molecular flexibility index (Phi) is 3.25. The minimum absolute atomic E-state index is 0.0331. The summed E-state index contributed by atoms with van der Waals surface area (Å²) >= 11 is 5.79. The van der Waals surface area contributed by atoms with E-state index in [4.69, 9.17) is 11.6 Å². The Balaban J connectivity index is 2.21. The number of nitrogens with zero attached hydrogens (tertiary/aromatic N) is 2. The van der Waals surface area contributed by atoms with Gasteiger partial charge in [-0.1, -0.05) is 24.9 Å². The van der Waals surface area contributed by atoms with Crippen molar-refractivity contribution in [3.63, 3.8) is 0 Å². The van der Waals surface area contributed by atoms with Crippen molar-refractivity contribution in [2.24, 2.45) is 5.10 Å². The Labute approximate surface area is 99.7 Å². The van der Waals surface area contributed by atoms with E-state index in [1.54, 1.807) is 24.3 Å². The van der Waals surface area contributed by atoms with E-state index >= 15 is 0 Å². The van der Waals surface area contributed by atoms with Crippen molar-refractivity contribution in [1.82, 2.24) is 0 Å². The molecular weight excluding hydrogens is 224 g/mol. The second-order valence-corrected chi connectivity index (χ2v) is 4.21. The van der Waals surface area contributed by atoms with Gasteiger partial charge in [0.1, 0.15) is 0 Å². The molecule has 2 rings (SSSR count). The number of amides is 1. The molecule has 84 valence electrons. The van der Waals surface area contributed by atoms with Crippen LogP contribution in [0.15, 0.2) is 29.4 Å². The van der Waals surface area contributed by atoms with Gasteiger partial charge in [-0.2, -0.15) is 5.10 Å². The van der Waals surface area contributed by atoms with E-state index < -0.39 is 0 Å². The molecule has 0 radical (unpaired) electrons. The zero-order valence-electron chi connectivity index (χ0n) is 9.11. The number of rotatable bonds is 3. The third kappa shape index (κ3) is 2.25. The standard InChI is InChI=1S/C12H13ClN2O/c1-2-3-10-8-12(16)15(14-10)11-6-4-9(13)5-7-11/h4-7H,2-3,8H2,1H3. The monoisotopic (exact) mass is 236 g/mol. The number of carbonyl (C=O) groups excluding carboxylic acids is 1. The first-order valence-corrected chi connectivity index (χ1v) is 5.73. The smallest absolute Gasteiger partial charge is 0.253 e. The number of benzene rings is 1. The number of hydrazone groups is 1. The highest BCUT2D eigenvalue weighted by Crippen LogP contribution is 2.23. The third-order valence-corrected chi connectivity index (χ3v) is 2.69. The molecule has 1 aromatic rings. The van der Waals surface area contributed by atoms with Gasteiger partial charge in [-0.3, -0.25) is 4.79 Å². The number of anilines is 1. The van der Waals surface area contributed by atoms with Crippen LogP contribution in [0.5, 0.6) is 0 Å². The van der Waals surface area contributed by atoms with Crippen LogP contribution in [0.25, 0.3) is 0 Å². The van der Waals surface area contributed by atoms with Gasteiger partial charge in [0, 0.05) is 10.7 Å². The van der Waals surface area contributed by atoms with Gasteiger partial charge in [-0.05, 0) is 30.7 Å². The summed E-state index contributed by atoms with van der Waals surface area (Å²) in [5.41, 5.74) is 1.74. The molecule has 0 saturated heterocycles. The highest BCUT2D eigenvalue weighted by molar-refractivity contribution is 6.30. The average Bonchev–Trinajstić information content (AvgIpc) is 2.61. The molecule has 0 saturated carbocycles. The van der Waals surface area contributed by atoms with Gasteiger partial charge < -0.3 is 0 Å². The lowest BCUT2D eigenvalue weighted by Gasteiger charge is -2.11. The molecule has 1 heterocycles. The maximum atomic E-state index is 11.7. The van der Waals surface area contributed by atoms with Crippen LogP contribution < -0.4 is 5.01 Å². The summed E-state index contributed by atoms with van der Waals surface area (Å²) in [5.74, 6) is 0.0331. The largest absolute Gasteiger partial charge is 0.272 e. The molecule has 16 heavy (non-hydrogen) atoms. The SMILES string of the molecule is CCCC1=NN(c2ccc(Cl)cc2)C(=O)C1. The molecule has 0 unspecified atom stereocenters. The zero-order valence-corrected chi connectivity index (χ0v) is 9.87. The fourth-order valence-electron chi connectivity index (χ4n) is 1.69. The maximum absolute atomic E-state index is 11.7. The second-order valence-electron chi connectivity index (χ2n) is 3.77. The number of carbonyl (C=O) groups is 1. The summed E-state index contributed by atoms with van der Waals surface area (Å²) < 4.78 is 0. The van der Waals surface area contributed by atoms with E-state index in [9.17, 15) is 4.79 Å². The molecular formula is C12H13ClN2O. The molecule has 0 fully saturated rings. The summed E-state index contributed by atoms with van der Waals surface area (Å²) in [5, 5.41) is 6.44. The summed E-state index contributed by atoms with van der Waals surface area (Å²) in [4.78, 5) is 11.7. The molecule has 1 amide bonds. The Bertz CT molecular complexity index is 425. The Hall–Kier alpha value is -1.35. The fourth-order valence-corrected chi connectivity index (χ4v) is 1.82. The van der Waals surface area contributed by atoms with Crippen molar-refractivity contribution in [3.05, 3.63) is 29.3 Å². The highest BCUT2D eigenvalue weighted by Gasteiger charge is 2.24. The van der Waals surface area contributed by atoms with Crippen LogP contribution in [-0.2, 0) is 4.79 Å². The summed E-state index contributed by atoms with van der Waals surface area (Å²) in [6.07, 6.45) is 2.34. The van der Waals surface area contributed by atoms with E-state index in [0.29, 0.717) is 11.4 Å². The molecule has 0 atom stereocenters. The first-order chi connectivity index (χ1) is 7.70. The normalized spacial score (nSPS) is 15.5. The van der Waals surface area contributed by atoms with Gasteiger partial charge >= 0.3 is 0 Å². The fraction of sp³-hybridized carbons (Fsp3) is 0.333. The molecule has 3 nitrogen and oxygen atoms in total. The van der Waals surface area contributed by atoms with E-state index in [1.807, 2.05) is 0 Å². The number of halogens is 1. The van der Waals surface area contributed by atoms with Gasteiger partial charge in [0.2, 0.25) is 0 Å². The van der Waals surface area contributed by atoms with E-state index in [-0.39, 0.29) is 5.91 Å². The van der Waals surface area contributed by atoms with Crippen LogP contribution in [-0.4, -0.2) is 11.6 Å². The lowest BCUT2D eigenvalue weighted by atomic mass is 10.2. The zero-order chi connectivity index (χ0) is 11.5. The minimum atomic E-state index is 0.0331. The highest BCUT2D eigenvalue weighted by atomic mass is 35.5. The average molecular weight is 237 g/mol. The molecule has 0 aromatic heterocycles. The molecule has 0 N–H and O–H groups in total. The Morgan fingerprint density at radius 3 is 2.69 bits per heavy atom.